The van der Waals surface area contributed by atoms with Crippen LogP contribution in [0.1, 0.15) is 78.1 Å². The second-order valence-corrected chi connectivity index (χ2v) is 6.15. The fraction of sp³-hybridized carbons (Fsp3) is 0.800. The van der Waals surface area contributed by atoms with Crippen molar-refractivity contribution in [1.82, 2.24) is 0 Å². The number of unbranched alkanes of at least 4 members (excludes halogenated alkanes) is 2. The third-order valence-electron chi connectivity index (χ3n) is 4.14. The van der Waals surface area contributed by atoms with Gasteiger partial charge in [0.15, 0.2) is 0 Å². The standard InChI is InChI=1S/C20H36O2/c1-3-5-7-9-13-17-21-19-15-11-12-16-20(19)22-18-14-10-8-6-4-2/h5-8,19-20H,3-4,9-18H2,1-2H3. The smallest absolute Gasteiger partial charge is 0.0836 e. The van der Waals surface area contributed by atoms with Gasteiger partial charge in [-0.2, -0.15) is 0 Å². The van der Waals surface area contributed by atoms with E-state index in [0.717, 1.165) is 51.7 Å². The predicted molar refractivity (Wildman–Crippen MR) is 95.3 cm³/mol. The van der Waals surface area contributed by atoms with Crippen LogP contribution in [-0.4, -0.2) is 25.4 Å². The highest BCUT2D eigenvalue weighted by molar-refractivity contribution is 4.81. The highest BCUT2D eigenvalue weighted by atomic mass is 16.5. The minimum absolute atomic E-state index is 0.329. The van der Waals surface area contributed by atoms with E-state index in [1.807, 2.05) is 0 Å². The Balaban J connectivity index is 2.13. The summed E-state index contributed by atoms with van der Waals surface area (Å²) in [5.41, 5.74) is 0. The van der Waals surface area contributed by atoms with Crippen LogP contribution in [0.2, 0.25) is 0 Å². The van der Waals surface area contributed by atoms with Crippen molar-refractivity contribution in [2.45, 2.75) is 90.3 Å². The highest BCUT2D eigenvalue weighted by Crippen LogP contribution is 2.24. The van der Waals surface area contributed by atoms with Gasteiger partial charge in [-0.05, 0) is 51.4 Å². The predicted octanol–water partition coefficient (Wildman–Crippen LogP) is 5.82. The zero-order valence-electron chi connectivity index (χ0n) is 14.8. The molecular weight excluding hydrogens is 272 g/mol. The van der Waals surface area contributed by atoms with E-state index in [9.17, 15) is 0 Å². The molecule has 0 aromatic rings. The molecule has 2 atom stereocenters. The van der Waals surface area contributed by atoms with E-state index in [1.165, 1.54) is 25.7 Å². The van der Waals surface area contributed by atoms with Gasteiger partial charge in [-0.1, -0.05) is 51.0 Å². The molecule has 128 valence electrons. The van der Waals surface area contributed by atoms with Gasteiger partial charge in [0.2, 0.25) is 0 Å². The second kappa shape index (κ2) is 14.0. The van der Waals surface area contributed by atoms with Crippen LogP contribution >= 0.6 is 0 Å². The molecule has 1 aliphatic rings. The van der Waals surface area contributed by atoms with Crippen LogP contribution in [-0.2, 0) is 9.47 Å². The monoisotopic (exact) mass is 308 g/mol. The number of allylic oxidation sites excluding steroid dienone is 4. The van der Waals surface area contributed by atoms with E-state index in [0.29, 0.717) is 12.2 Å². The molecule has 0 aromatic carbocycles. The summed E-state index contributed by atoms with van der Waals surface area (Å²) in [4.78, 5) is 0. The Kier molecular flexibility index (Phi) is 12.4. The molecule has 1 aliphatic carbocycles. The summed E-state index contributed by atoms with van der Waals surface area (Å²) in [5.74, 6) is 0. The Morgan fingerprint density at radius 1 is 0.727 bits per heavy atom. The molecule has 1 fully saturated rings. The van der Waals surface area contributed by atoms with Crippen molar-refractivity contribution in [1.29, 1.82) is 0 Å². The maximum atomic E-state index is 6.10. The fourth-order valence-corrected chi connectivity index (χ4v) is 2.88. The molecule has 0 saturated heterocycles. The van der Waals surface area contributed by atoms with Crippen LogP contribution in [0.4, 0.5) is 0 Å². The SMILES string of the molecule is CCC=CCCCOC1CCCCC1OCCCC=CCC. The summed E-state index contributed by atoms with van der Waals surface area (Å²) >= 11 is 0. The van der Waals surface area contributed by atoms with E-state index in [-0.39, 0.29) is 0 Å². The minimum atomic E-state index is 0.329. The van der Waals surface area contributed by atoms with Crippen molar-refractivity contribution < 1.29 is 9.47 Å². The van der Waals surface area contributed by atoms with Crippen molar-refractivity contribution in [2.24, 2.45) is 0 Å². The Labute approximate surface area is 138 Å². The molecule has 2 heteroatoms. The average molecular weight is 309 g/mol. The summed E-state index contributed by atoms with van der Waals surface area (Å²) in [7, 11) is 0. The van der Waals surface area contributed by atoms with Crippen molar-refractivity contribution in [3.05, 3.63) is 24.3 Å². The van der Waals surface area contributed by atoms with Gasteiger partial charge < -0.3 is 9.47 Å². The first kappa shape index (κ1) is 19.4. The summed E-state index contributed by atoms with van der Waals surface area (Å²) < 4.78 is 12.2. The quantitative estimate of drug-likeness (QED) is 0.334. The zero-order chi connectivity index (χ0) is 15.9. The van der Waals surface area contributed by atoms with Crippen LogP contribution in [0, 0.1) is 0 Å². The third kappa shape index (κ3) is 9.42. The Bertz CT molecular complexity index is 266. The van der Waals surface area contributed by atoms with Gasteiger partial charge in [-0.15, -0.1) is 0 Å². The normalized spacial score (nSPS) is 22.8. The van der Waals surface area contributed by atoms with Gasteiger partial charge >= 0.3 is 0 Å². The van der Waals surface area contributed by atoms with Gasteiger partial charge in [0.05, 0.1) is 12.2 Å². The zero-order valence-corrected chi connectivity index (χ0v) is 14.8. The third-order valence-corrected chi connectivity index (χ3v) is 4.14. The van der Waals surface area contributed by atoms with Gasteiger partial charge in [-0.3, -0.25) is 0 Å². The molecule has 0 N–H and O–H groups in total. The largest absolute Gasteiger partial charge is 0.376 e. The van der Waals surface area contributed by atoms with Crippen LogP contribution in [0.3, 0.4) is 0 Å². The van der Waals surface area contributed by atoms with Crippen molar-refractivity contribution in [3.63, 3.8) is 0 Å². The Hall–Kier alpha value is -0.600. The summed E-state index contributed by atoms with van der Waals surface area (Å²) in [5, 5.41) is 0. The van der Waals surface area contributed by atoms with Gasteiger partial charge in [0.1, 0.15) is 0 Å². The van der Waals surface area contributed by atoms with Crippen molar-refractivity contribution in [3.8, 4) is 0 Å². The second-order valence-electron chi connectivity index (χ2n) is 6.15. The lowest BCUT2D eigenvalue weighted by Gasteiger charge is -2.31. The maximum absolute atomic E-state index is 6.10. The summed E-state index contributed by atoms with van der Waals surface area (Å²) in [6.45, 7) is 6.10. The molecule has 0 heterocycles. The Morgan fingerprint density at radius 3 is 1.59 bits per heavy atom. The molecule has 0 spiro atoms. The van der Waals surface area contributed by atoms with E-state index >= 15 is 0 Å². The molecule has 0 bridgehead atoms. The van der Waals surface area contributed by atoms with E-state index in [2.05, 4.69) is 38.2 Å². The van der Waals surface area contributed by atoms with Crippen molar-refractivity contribution in [2.75, 3.05) is 13.2 Å². The molecule has 0 aromatic heterocycles. The van der Waals surface area contributed by atoms with E-state index < -0.39 is 0 Å². The lowest BCUT2D eigenvalue weighted by Crippen LogP contribution is -2.35. The summed E-state index contributed by atoms with van der Waals surface area (Å²) in [6.07, 6.45) is 21.4. The Morgan fingerprint density at radius 2 is 1.18 bits per heavy atom. The first-order valence-corrected chi connectivity index (χ1v) is 9.41. The van der Waals surface area contributed by atoms with Crippen LogP contribution in [0.15, 0.2) is 24.3 Å². The van der Waals surface area contributed by atoms with Crippen molar-refractivity contribution >= 4 is 0 Å². The number of hydrogen-bond donors (Lipinski definition) is 0. The molecule has 0 amide bonds. The van der Waals surface area contributed by atoms with Crippen LogP contribution in [0.5, 0.6) is 0 Å². The molecular formula is C20H36O2. The van der Waals surface area contributed by atoms with Crippen LogP contribution < -0.4 is 0 Å². The summed E-state index contributed by atoms with van der Waals surface area (Å²) in [6, 6.07) is 0. The minimum Gasteiger partial charge on any atom is -0.376 e. The fourth-order valence-electron chi connectivity index (χ4n) is 2.88. The van der Waals surface area contributed by atoms with Gasteiger partial charge in [0.25, 0.3) is 0 Å². The number of ether oxygens (including phenoxy) is 2. The first-order valence-electron chi connectivity index (χ1n) is 9.41. The molecule has 1 rings (SSSR count). The van der Waals surface area contributed by atoms with Crippen LogP contribution in [0.25, 0.3) is 0 Å². The molecule has 22 heavy (non-hydrogen) atoms. The molecule has 0 radical (unpaired) electrons. The average Bonchev–Trinajstić information content (AvgIpc) is 2.55. The van der Waals surface area contributed by atoms with Gasteiger partial charge in [0, 0.05) is 13.2 Å². The van der Waals surface area contributed by atoms with E-state index in [1.54, 1.807) is 0 Å². The maximum Gasteiger partial charge on any atom is 0.0836 e. The topological polar surface area (TPSA) is 18.5 Å². The number of rotatable bonds is 12. The first-order chi connectivity index (χ1) is 10.9. The highest BCUT2D eigenvalue weighted by Gasteiger charge is 2.26. The lowest BCUT2D eigenvalue weighted by atomic mass is 9.94. The molecule has 0 aliphatic heterocycles. The molecule has 2 unspecified atom stereocenters. The molecule has 2 nitrogen and oxygen atoms in total. The molecule has 1 saturated carbocycles. The number of hydrogen-bond acceptors (Lipinski definition) is 2. The van der Waals surface area contributed by atoms with E-state index in [4.69, 9.17) is 9.47 Å². The van der Waals surface area contributed by atoms with Gasteiger partial charge in [-0.25, -0.2) is 0 Å². The lowest BCUT2D eigenvalue weighted by molar-refractivity contribution is -0.0927.